The molecule has 3 rings (SSSR count). The molecule has 0 radical (unpaired) electrons. The average Bonchev–Trinajstić information content (AvgIpc) is 2.91. The highest BCUT2D eigenvalue weighted by Gasteiger charge is 2.36. The molecule has 146 valence electrons. The minimum atomic E-state index is -4.74. The molecule has 0 spiro atoms. The van der Waals surface area contributed by atoms with E-state index < -0.39 is 41.4 Å². The Morgan fingerprint density at radius 2 is 2.22 bits per heavy atom. The second-order valence-electron chi connectivity index (χ2n) is 5.99. The van der Waals surface area contributed by atoms with Gasteiger partial charge >= 0.3 is 12.1 Å². The molecule has 11 heteroatoms. The van der Waals surface area contributed by atoms with Gasteiger partial charge in [-0.15, -0.1) is 5.10 Å². The van der Waals surface area contributed by atoms with Crippen molar-refractivity contribution in [2.45, 2.75) is 31.7 Å². The van der Waals surface area contributed by atoms with Crippen LogP contribution in [0.4, 0.5) is 23.5 Å². The average molecular weight is 388 g/mol. The lowest BCUT2D eigenvalue weighted by Gasteiger charge is -2.31. The lowest BCUT2D eigenvalue weighted by atomic mass is 10.1. The number of halogens is 4. The van der Waals surface area contributed by atoms with Crippen molar-refractivity contribution in [2.75, 3.05) is 18.5 Å². The Labute approximate surface area is 151 Å². The third-order valence-electron chi connectivity index (χ3n) is 4.06. The monoisotopic (exact) mass is 388 g/mol. The summed E-state index contributed by atoms with van der Waals surface area (Å²) in [5.41, 5.74) is -1.97. The van der Waals surface area contributed by atoms with Crippen LogP contribution >= 0.6 is 0 Å². The van der Waals surface area contributed by atoms with Gasteiger partial charge in [-0.2, -0.15) is 13.2 Å². The number of fused-ring (bicyclic) bond motifs is 1. The summed E-state index contributed by atoms with van der Waals surface area (Å²) in [7, 11) is 0. The van der Waals surface area contributed by atoms with Crippen molar-refractivity contribution < 1.29 is 31.8 Å². The van der Waals surface area contributed by atoms with Crippen molar-refractivity contribution in [3.05, 3.63) is 30.4 Å². The maximum atomic E-state index is 13.9. The van der Waals surface area contributed by atoms with Crippen LogP contribution in [0.2, 0.25) is 0 Å². The maximum Gasteiger partial charge on any atom is 0.417 e. The fraction of sp³-hybridized carbons (Fsp3) is 0.438. The van der Waals surface area contributed by atoms with E-state index >= 15 is 0 Å². The predicted octanol–water partition coefficient (Wildman–Crippen LogP) is 2.58. The van der Waals surface area contributed by atoms with E-state index in [1.165, 1.54) is 6.92 Å². The molecule has 1 aliphatic heterocycles. The minimum Gasteiger partial charge on any atom is -0.458 e. The first kappa shape index (κ1) is 19.1. The van der Waals surface area contributed by atoms with Crippen molar-refractivity contribution in [1.29, 1.82) is 0 Å². The van der Waals surface area contributed by atoms with E-state index in [2.05, 4.69) is 22.0 Å². The third kappa shape index (κ3) is 4.02. The zero-order valence-corrected chi connectivity index (χ0v) is 14.2. The van der Waals surface area contributed by atoms with Gasteiger partial charge in [0.15, 0.2) is 5.82 Å². The van der Waals surface area contributed by atoms with Gasteiger partial charge in [0.05, 0.1) is 30.1 Å². The van der Waals surface area contributed by atoms with Crippen molar-refractivity contribution in [3.63, 3.8) is 0 Å². The van der Waals surface area contributed by atoms with E-state index in [1.807, 2.05) is 0 Å². The van der Waals surface area contributed by atoms with Crippen LogP contribution in [-0.4, -0.2) is 52.1 Å². The molecule has 2 aromatic heterocycles. The van der Waals surface area contributed by atoms with E-state index in [9.17, 15) is 22.4 Å². The van der Waals surface area contributed by atoms with Crippen LogP contribution in [0.3, 0.4) is 0 Å². The summed E-state index contributed by atoms with van der Waals surface area (Å²) in [6.07, 6.45) is -3.82. The van der Waals surface area contributed by atoms with Gasteiger partial charge in [-0.05, 0) is 6.42 Å². The number of alkyl halides is 3. The van der Waals surface area contributed by atoms with E-state index in [4.69, 9.17) is 9.47 Å². The van der Waals surface area contributed by atoms with Crippen LogP contribution < -0.4 is 5.32 Å². The Hall–Kier alpha value is -2.69. The number of nitrogens with zero attached hydrogens (tertiary/aromatic N) is 3. The Balaban J connectivity index is 1.91. The predicted molar refractivity (Wildman–Crippen MR) is 86.4 cm³/mol. The van der Waals surface area contributed by atoms with Crippen LogP contribution in [0.15, 0.2) is 18.8 Å². The summed E-state index contributed by atoms with van der Waals surface area (Å²) >= 11 is 0. The smallest absolute Gasteiger partial charge is 0.417 e. The van der Waals surface area contributed by atoms with Gasteiger partial charge < -0.3 is 14.8 Å². The molecule has 1 N–H and O–H groups in total. The standard InChI is InChI=1S/C16H16F4N4O3/c1-8(16(18,19)20)12-5-10(17)13-6-21-15(23-24(12)13)22-11-3-4-26-7-14(11)27-9(2)25/h5-6,11,14H,1,3-4,7H2,2H3,(H,22,23)/t11-,14-/m1/s1. The van der Waals surface area contributed by atoms with Gasteiger partial charge in [-0.25, -0.2) is 13.9 Å². The molecule has 7 nitrogen and oxygen atoms in total. The second-order valence-corrected chi connectivity index (χ2v) is 5.99. The molecule has 0 unspecified atom stereocenters. The summed E-state index contributed by atoms with van der Waals surface area (Å²) in [6, 6.07) is 0.300. The number of allylic oxidation sites excluding steroid dienone is 1. The molecule has 0 aromatic carbocycles. The molecule has 1 aliphatic rings. The quantitative estimate of drug-likeness (QED) is 0.641. The summed E-state index contributed by atoms with van der Waals surface area (Å²) < 4.78 is 64.0. The normalized spacial score (nSPS) is 20.5. The Morgan fingerprint density at radius 1 is 1.48 bits per heavy atom. The minimum absolute atomic E-state index is 0.0432. The van der Waals surface area contributed by atoms with E-state index in [-0.39, 0.29) is 18.1 Å². The van der Waals surface area contributed by atoms with Gasteiger partial charge in [0.1, 0.15) is 11.6 Å². The first-order chi connectivity index (χ1) is 12.7. The number of rotatable bonds is 4. The Morgan fingerprint density at radius 3 is 2.89 bits per heavy atom. The van der Waals surface area contributed by atoms with Gasteiger partial charge in [0.2, 0.25) is 5.95 Å². The fourth-order valence-electron chi connectivity index (χ4n) is 2.75. The molecule has 0 bridgehead atoms. The first-order valence-corrected chi connectivity index (χ1v) is 7.99. The maximum absolute atomic E-state index is 13.9. The molecule has 0 saturated carbocycles. The number of anilines is 1. The first-order valence-electron chi connectivity index (χ1n) is 7.99. The fourth-order valence-corrected chi connectivity index (χ4v) is 2.75. The van der Waals surface area contributed by atoms with Crippen molar-refractivity contribution in [2.24, 2.45) is 0 Å². The highest BCUT2D eigenvalue weighted by molar-refractivity contribution is 5.69. The molecular formula is C16H16F4N4O3. The SMILES string of the molecule is C=C(c1cc(F)c2cnc(N[C@@H]3CCOC[C@H]3OC(C)=O)nn12)C(F)(F)F. The summed E-state index contributed by atoms with van der Waals surface area (Å²) in [4.78, 5) is 15.1. The molecule has 0 aliphatic carbocycles. The number of carbonyl (C=O) groups excluding carboxylic acids is 1. The molecule has 2 aromatic rings. The number of hydrogen-bond donors (Lipinski definition) is 1. The number of nitrogens with one attached hydrogen (secondary N) is 1. The number of ether oxygens (including phenoxy) is 2. The summed E-state index contributed by atoms with van der Waals surface area (Å²) in [6.45, 7) is 4.79. The second kappa shape index (κ2) is 7.14. The van der Waals surface area contributed by atoms with Gasteiger partial charge in [0.25, 0.3) is 0 Å². The molecule has 3 heterocycles. The number of esters is 1. The van der Waals surface area contributed by atoms with Crippen LogP contribution in [0.1, 0.15) is 19.0 Å². The van der Waals surface area contributed by atoms with E-state index in [1.54, 1.807) is 0 Å². The summed E-state index contributed by atoms with van der Waals surface area (Å²) in [5, 5.41) is 6.86. The Bertz CT molecular complexity index is 880. The molecule has 0 amide bonds. The highest BCUT2D eigenvalue weighted by Crippen LogP contribution is 2.33. The lowest BCUT2D eigenvalue weighted by molar-refractivity contribution is -0.153. The number of hydrogen-bond acceptors (Lipinski definition) is 6. The molecule has 27 heavy (non-hydrogen) atoms. The third-order valence-corrected chi connectivity index (χ3v) is 4.06. The van der Waals surface area contributed by atoms with Gasteiger partial charge in [-0.3, -0.25) is 4.79 Å². The van der Waals surface area contributed by atoms with Crippen molar-refractivity contribution in [1.82, 2.24) is 14.6 Å². The zero-order valence-electron chi connectivity index (χ0n) is 14.2. The summed E-state index contributed by atoms with van der Waals surface area (Å²) in [5.74, 6) is -1.44. The van der Waals surface area contributed by atoms with Crippen LogP contribution in [0.5, 0.6) is 0 Å². The van der Waals surface area contributed by atoms with Crippen LogP contribution in [0.25, 0.3) is 11.1 Å². The van der Waals surface area contributed by atoms with Crippen LogP contribution in [0, 0.1) is 5.82 Å². The zero-order chi connectivity index (χ0) is 19.8. The van der Waals surface area contributed by atoms with Crippen LogP contribution in [-0.2, 0) is 14.3 Å². The van der Waals surface area contributed by atoms with Crippen molar-refractivity contribution >= 4 is 23.0 Å². The van der Waals surface area contributed by atoms with Gasteiger partial charge in [-0.1, -0.05) is 6.58 Å². The topological polar surface area (TPSA) is 77.8 Å². The van der Waals surface area contributed by atoms with E-state index in [0.717, 1.165) is 10.7 Å². The molecule has 1 saturated heterocycles. The van der Waals surface area contributed by atoms with Crippen molar-refractivity contribution in [3.8, 4) is 0 Å². The lowest BCUT2D eigenvalue weighted by Crippen LogP contribution is -2.44. The molecule has 1 fully saturated rings. The molecule has 2 atom stereocenters. The number of aromatic nitrogens is 3. The largest absolute Gasteiger partial charge is 0.458 e. The Kier molecular flexibility index (Phi) is 5.05. The number of carbonyl (C=O) groups is 1. The molecular weight excluding hydrogens is 372 g/mol. The van der Waals surface area contributed by atoms with Gasteiger partial charge in [0, 0.05) is 19.6 Å². The highest BCUT2D eigenvalue weighted by atomic mass is 19.4. The van der Waals surface area contributed by atoms with E-state index in [0.29, 0.717) is 19.1 Å².